The summed E-state index contributed by atoms with van der Waals surface area (Å²) in [5.41, 5.74) is 4.32. The first-order valence-corrected chi connectivity index (χ1v) is 8.96. The third-order valence-electron chi connectivity index (χ3n) is 3.78. The Hall–Kier alpha value is -2.33. The van der Waals surface area contributed by atoms with Crippen LogP contribution in [0.4, 0.5) is 0 Å². The number of rotatable bonds is 4. The number of nitrogens with zero attached hydrogens (tertiary/aromatic N) is 2. The molecule has 25 heavy (non-hydrogen) atoms. The van der Waals surface area contributed by atoms with Gasteiger partial charge in [0.1, 0.15) is 11.3 Å². The molecule has 0 spiro atoms. The maximum absolute atomic E-state index is 12.6. The Bertz CT molecular complexity index is 853. The molecule has 0 saturated heterocycles. The molecule has 0 bridgehead atoms. The van der Waals surface area contributed by atoms with Crippen LogP contribution in [0, 0.1) is 6.92 Å². The number of nitrogens with one attached hydrogen (secondary N) is 1. The van der Waals surface area contributed by atoms with Crippen LogP contribution in [0.1, 0.15) is 48.1 Å². The number of carbonyl (C=O) groups excluding carboxylic acids is 1. The number of imidazole rings is 1. The molecule has 2 heterocycles. The Morgan fingerprint density at radius 1 is 1.16 bits per heavy atom. The van der Waals surface area contributed by atoms with Gasteiger partial charge >= 0.3 is 0 Å². The molecule has 0 saturated carbocycles. The number of aryl methyl sites for hydroxylation is 2. The van der Waals surface area contributed by atoms with Gasteiger partial charge in [-0.05, 0) is 31.0 Å². The lowest BCUT2D eigenvalue weighted by Gasteiger charge is -2.07. The third kappa shape index (κ3) is 4.40. The topological polar surface area (TPSA) is 46.4 Å². The van der Waals surface area contributed by atoms with Crippen LogP contribution in [0.3, 0.4) is 0 Å². The van der Waals surface area contributed by atoms with Crippen molar-refractivity contribution >= 4 is 23.2 Å². The minimum Gasteiger partial charge on any atom is -0.347 e. The summed E-state index contributed by atoms with van der Waals surface area (Å²) < 4.78 is 1.76. The summed E-state index contributed by atoms with van der Waals surface area (Å²) in [6.45, 7) is 8.51. The number of hydrogen-bond donors (Lipinski definition) is 1. The summed E-state index contributed by atoms with van der Waals surface area (Å²) in [7, 11) is 0. The highest BCUT2D eigenvalue weighted by Gasteiger charge is 2.18. The van der Waals surface area contributed by atoms with Crippen molar-refractivity contribution in [3.8, 4) is 0 Å². The number of halogens is 1. The summed E-state index contributed by atoms with van der Waals surface area (Å²) >= 11 is 6.06. The van der Waals surface area contributed by atoms with E-state index in [0.29, 0.717) is 23.7 Å². The number of carbonyl (C=O) groups is 1. The lowest BCUT2D eigenvalue weighted by atomic mass is 10.1. The molecule has 0 atom stereocenters. The average molecular weight is 358 g/mol. The SMILES string of the molecule is CC.CCc1nc2ccc(Cl)cn2c1C(=O)NCc1ccc(C)cc1. The van der Waals surface area contributed by atoms with Gasteiger partial charge in [-0.1, -0.05) is 62.2 Å². The number of aromatic nitrogens is 2. The van der Waals surface area contributed by atoms with Gasteiger partial charge in [-0.2, -0.15) is 0 Å². The highest BCUT2D eigenvalue weighted by Crippen LogP contribution is 2.17. The molecule has 0 aliphatic rings. The molecular formula is C20H24ClN3O. The van der Waals surface area contributed by atoms with Gasteiger partial charge in [-0.3, -0.25) is 9.20 Å². The Balaban J connectivity index is 0.00000109. The van der Waals surface area contributed by atoms with E-state index in [1.54, 1.807) is 16.7 Å². The summed E-state index contributed by atoms with van der Waals surface area (Å²) in [6, 6.07) is 11.7. The number of amides is 1. The van der Waals surface area contributed by atoms with Crippen molar-refractivity contribution in [2.75, 3.05) is 0 Å². The molecule has 2 aromatic heterocycles. The zero-order chi connectivity index (χ0) is 18.4. The molecule has 3 aromatic rings. The molecule has 0 aliphatic carbocycles. The van der Waals surface area contributed by atoms with Gasteiger partial charge in [0, 0.05) is 12.7 Å². The molecule has 0 fully saturated rings. The van der Waals surface area contributed by atoms with Gasteiger partial charge in [-0.25, -0.2) is 4.98 Å². The molecule has 3 rings (SSSR count). The molecule has 5 heteroatoms. The highest BCUT2D eigenvalue weighted by molar-refractivity contribution is 6.30. The van der Waals surface area contributed by atoms with Gasteiger partial charge in [-0.15, -0.1) is 0 Å². The van der Waals surface area contributed by atoms with E-state index < -0.39 is 0 Å². The van der Waals surface area contributed by atoms with Crippen LogP contribution >= 0.6 is 11.6 Å². The molecule has 0 unspecified atom stereocenters. The normalized spacial score (nSPS) is 10.3. The van der Waals surface area contributed by atoms with Crippen molar-refractivity contribution in [2.45, 2.75) is 40.7 Å². The van der Waals surface area contributed by atoms with Crippen molar-refractivity contribution in [1.82, 2.24) is 14.7 Å². The number of benzene rings is 1. The standard InChI is InChI=1S/C18H18ClN3O.C2H6/c1-3-15-17(22-11-14(19)8-9-16(22)21-15)18(23)20-10-13-6-4-12(2)5-7-13;1-2/h4-9,11H,3,10H2,1-2H3,(H,20,23);1-2H3. The Kier molecular flexibility index (Phi) is 6.59. The van der Waals surface area contributed by atoms with E-state index in [1.165, 1.54) is 5.56 Å². The van der Waals surface area contributed by atoms with Crippen molar-refractivity contribution in [3.63, 3.8) is 0 Å². The zero-order valence-electron chi connectivity index (χ0n) is 15.1. The van der Waals surface area contributed by atoms with Crippen molar-refractivity contribution in [1.29, 1.82) is 0 Å². The Labute approximate surface area is 153 Å². The summed E-state index contributed by atoms with van der Waals surface area (Å²) in [5, 5.41) is 3.54. The molecule has 0 radical (unpaired) electrons. The fourth-order valence-corrected chi connectivity index (χ4v) is 2.69. The lowest BCUT2D eigenvalue weighted by molar-refractivity contribution is 0.0944. The monoisotopic (exact) mass is 357 g/mol. The van der Waals surface area contributed by atoms with Crippen LogP contribution in [0.15, 0.2) is 42.6 Å². The predicted octanol–water partition coefficient (Wildman–Crippen LogP) is 4.81. The Morgan fingerprint density at radius 3 is 2.48 bits per heavy atom. The van der Waals surface area contributed by atoms with Crippen molar-refractivity contribution in [2.24, 2.45) is 0 Å². The molecule has 1 N–H and O–H groups in total. The van der Waals surface area contributed by atoms with E-state index in [9.17, 15) is 4.79 Å². The highest BCUT2D eigenvalue weighted by atomic mass is 35.5. The molecule has 4 nitrogen and oxygen atoms in total. The van der Waals surface area contributed by atoms with E-state index >= 15 is 0 Å². The second kappa shape index (κ2) is 8.67. The smallest absolute Gasteiger partial charge is 0.270 e. The second-order valence-electron chi connectivity index (χ2n) is 5.50. The van der Waals surface area contributed by atoms with Crippen molar-refractivity contribution < 1.29 is 4.79 Å². The van der Waals surface area contributed by atoms with Gasteiger partial charge in [0.2, 0.25) is 0 Å². The number of fused-ring (bicyclic) bond motifs is 1. The maximum Gasteiger partial charge on any atom is 0.270 e. The van der Waals surface area contributed by atoms with Crippen LogP contribution in [0.25, 0.3) is 5.65 Å². The average Bonchev–Trinajstić information content (AvgIpc) is 3.00. The maximum atomic E-state index is 12.6. The fraction of sp³-hybridized carbons (Fsp3) is 0.300. The molecule has 0 aliphatic heterocycles. The first-order valence-electron chi connectivity index (χ1n) is 8.58. The van der Waals surface area contributed by atoms with Gasteiger partial charge in [0.05, 0.1) is 10.7 Å². The lowest BCUT2D eigenvalue weighted by Crippen LogP contribution is -2.25. The van der Waals surface area contributed by atoms with Crippen molar-refractivity contribution in [3.05, 3.63) is 70.1 Å². The van der Waals surface area contributed by atoms with Crippen LogP contribution < -0.4 is 5.32 Å². The van der Waals surface area contributed by atoms with Gasteiger partial charge in [0.25, 0.3) is 5.91 Å². The van der Waals surface area contributed by atoms with E-state index in [4.69, 9.17) is 11.6 Å². The van der Waals surface area contributed by atoms with Gasteiger partial charge in [0.15, 0.2) is 0 Å². The van der Waals surface area contributed by atoms with Gasteiger partial charge < -0.3 is 5.32 Å². The minimum absolute atomic E-state index is 0.141. The predicted molar refractivity (Wildman–Crippen MR) is 103 cm³/mol. The number of hydrogen-bond acceptors (Lipinski definition) is 2. The second-order valence-corrected chi connectivity index (χ2v) is 5.94. The molecule has 132 valence electrons. The fourth-order valence-electron chi connectivity index (χ4n) is 2.53. The quantitative estimate of drug-likeness (QED) is 0.728. The molecule has 1 amide bonds. The van der Waals surface area contributed by atoms with E-state index in [-0.39, 0.29) is 5.91 Å². The van der Waals surface area contributed by atoms with Crippen LogP contribution in [-0.2, 0) is 13.0 Å². The third-order valence-corrected chi connectivity index (χ3v) is 4.00. The zero-order valence-corrected chi connectivity index (χ0v) is 15.9. The van der Waals surface area contributed by atoms with Crippen LogP contribution in [0.5, 0.6) is 0 Å². The van der Waals surface area contributed by atoms with Crippen LogP contribution in [-0.4, -0.2) is 15.3 Å². The minimum atomic E-state index is -0.141. The first kappa shape index (κ1) is 19.0. The van der Waals surface area contributed by atoms with Crippen LogP contribution in [0.2, 0.25) is 5.02 Å². The summed E-state index contributed by atoms with van der Waals surface area (Å²) in [6.07, 6.45) is 2.41. The molecule has 1 aromatic carbocycles. The number of pyridine rings is 1. The van der Waals surface area contributed by atoms with E-state index in [1.807, 2.05) is 58.0 Å². The van der Waals surface area contributed by atoms with E-state index in [0.717, 1.165) is 16.9 Å². The summed E-state index contributed by atoms with van der Waals surface area (Å²) in [4.78, 5) is 17.1. The summed E-state index contributed by atoms with van der Waals surface area (Å²) in [5.74, 6) is -0.141. The Morgan fingerprint density at radius 2 is 1.84 bits per heavy atom. The largest absolute Gasteiger partial charge is 0.347 e. The van der Waals surface area contributed by atoms with E-state index in [2.05, 4.69) is 10.3 Å². The molecular weight excluding hydrogens is 334 g/mol. The first-order chi connectivity index (χ1) is 12.1.